The van der Waals surface area contributed by atoms with Crippen LogP contribution in [-0.4, -0.2) is 44.2 Å². The topological polar surface area (TPSA) is 95.2 Å². The molecule has 0 bridgehead atoms. The van der Waals surface area contributed by atoms with Gasteiger partial charge in [-0.3, -0.25) is 4.79 Å². The SMILES string of the molecule is Cc1cc(CC(=O)N(CCO)Cc2cnc(C)[nH]2)on1. The largest absolute Gasteiger partial charge is 0.395 e. The van der Waals surface area contributed by atoms with E-state index in [-0.39, 0.29) is 25.5 Å². The van der Waals surface area contributed by atoms with E-state index in [9.17, 15) is 4.79 Å². The Labute approximate surface area is 116 Å². The quantitative estimate of drug-likeness (QED) is 0.805. The fourth-order valence-corrected chi connectivity index (χ4v) is 1.93. The van der Waals surface area contributed by atoms with Crippen LogP contribution in [0.3, 0.4) is 0 Å². The second-order valence-electron chi connectivity index (χ2n) is 4.64. The third-order valence-electron chi connectivity index (χ3n) is 2.84. The number of rotatable bonds is 6. The zero-order valence-electron chi connectivity index (χ0n) is 11.6. The smallest absolute Gasteiger partial charge is 0.230 e. The molecule has 0 radical (unpaired) electrons. The lowest BCUT2D eigenvalue weighted by Gasteiger charge is -2.20. The number of H-pyrrole nitrogens is 1. The molecule has 0 unspecified atom stereocenters. The van der Waals surface area contributed by atoms with Gasteiger partial charge in [-0.05, 0) is 13.8 Å². The van der Waals surface area contributed by atoms with Crippen molar-refractivity contribution in [1.82, 2.24) is 20.0 Å². The first-order valence-electron chi connectivity index (χ1n) is 6.40. The van der Waals surface area contributed by atoms with Crippen molar-refractivity contribution in [2.24, 2.45) is 0 Å². The van der Waals surface area contributed by atoms with Gasteiger partial charge in [0.05, 0.1) is 37.2 Å². The van der Waals surface area contributed by atoms with Crippen molar-refractivity contribution >= 4 is 5.91 Å². The standard InChI is InChI=1S/C13H18N4O3/c1-9-5-12(20-16-9)6-13(19)17(3-4-18)8-11-7-14-10(2)15-11/h5,7,18H,3-4,6,8H2,1-2H3,(H,14,15). The van der Waals surface area contributed by atoms with E-state index in [1.165, 1.54) is 0 Å². The third-order valence-corrected chi connectivity index (χ3v) is 2.84. The highest BCUT2D eigenvalue weighted by atomic mass is 16.5. The van der Waals surface area contributed by atoms with E-state index >= 15 is 0 Å². The lowest BCUT2D eigenvalue weighted by atomic mass is 10.2. The molecule has 108 valence electrons. The summed E-state index contributed by atoms with van der Waals surface area (Å²) >= 11 is 0. The van der Waals surface area contributed by atoms with Gasteiger partial charge < -0.3 is 19.5 Å². The van der Waals surface area contributed by atoms with Gasteiger partial charge >= 0.3 is 0 Å². The van der Waals surface area contributed by atoms with E-state index in [2.05, 4.69) is 15.1 Å². The molecular weight excluding hydrogens is 260 g/mol. The maximum atomic E-state index is 12.2. The molecule has 0 saturated heterocycles. The average molecular weight is 278 g/mol. The summed E-state index contributed by atoms with van der Waals surface area (Å²) in [5, 5.41) is 12.8. The molecule has 0 aromatic carbocycles. The summed E-state index contributed by atoms with van der Waals surface area (Å²) in [6.07, 6.45) is 1.82. The molecule has 2 aromatic heterocycles. The van der Waals surface area contributed by atoms with Crippen LogP contribution < -0.4 is 0 Å². The molecule has 0 aliphatic carbocycles. The van der Waals surface area contributed by atoms with Crippen molar-refractivity contribution in [2.45, 2.75) is 26.8 Å². The summed E-state index contributed by atoms with van der Waals surface area (Å²) < 4.78 is 5.04. The highest BCUT2D eigenvalue weighted by Crippen LogP contribution is 2.08. The Morgan fingerprint density at radius 1 is 1.50 bits per heavy atom. The summed E-state index contributed by atoms with van der Waals surface area (Å²) in [6.45, 7) is 4.21. The predicted molar refractivity (Wildman–Crippen MR) is 70.8 cm³/mol. The number of aliphatic hydroxyl groups is 1. The van der Waals surface area contributed by atoms with Gasteiger partial charge in [0, 0.05) is 12.6 Å². The van der Waals surface area contributed by atoms with E-state index in [1.807, 2.05) is 6.92 Å². The highest BCUT2D eigenvalue weighted by molar-refractivity contribution is 5.78. The Hall–Kier alpha value is -2.15. The van der Waals surface area contributed by atoms with Crippen molar-refractivity contribution in [3.63, 3.8) is 0 Å². The van der Waals surface area contributed by atoms with Crippen molar-refractivity contribution < 1.29 is 14.4 Å². The molecule has 0 fully saturated rings. The molecule has 7 nitrogen and oxygen atoms in total. The molecule has 0 saturated carbocycles. The number of amides is 1. The number of carbonyl (C=O) groups excluding carboxylic acids is 1. The number of aromatic nitrogens is 3. The number of carbonyl (C=O) groups is 1. The molecule has 20 heavy (non-hydrogen) atoms. The van der Waals surface area contributed by atoms with Crippen LogP contribution in [0.1, 0.15) is 23.0 Å². The van der Waals surface area contributed by atoms with E-state index < -0.39 is 0 Å². The van der Waals surface area contributed by atoms with Gasteiger partial charge in [-0.2, -0.15) is 0 Å². The maximum absolute atomic E-state index is 12.2. The lowest BCUT2D eigenvalue weighted by molar-refractivity contribution is -0.132. The van der Waals surface area contributed by atoms with Crippen LogP contribution >= 0.6 is 0 Å². The van der Waals surface area contributed by atoms with Crippen LogP contribution in [-0.2, 0) is 17.8 Å². The molecular formula is C13H18N4O3. The Balaban J connectivity index is 2.01. The van der Waals surface area contributed by atoms with Crippen molar-refractivity contribution in [3.8, 4) is 0 Å². The number of hydrogen-bond acceptors (Lipinski definition) is 5. The number of aliphatic hydroxyl groups excluding tert-OH is 1. The number of nitrogens with one attached hydrogen (secondary N) is 1. The number of aryl methyl sites for hydroxylation is 2. The van der Waals surface area contributed by atoms with E-state index in [0.717, 1.165) is 17.2 Å². The minimum atomic E-state index is -0.123. The monoisotopic (exact) mass is 278 g/mol. The summed E-state index contributed by atoms with van der Waals surface area (Å²) in [4.78, 5) is 20.9. The first-order valence-corrected chi connectivity index (χ1v) is 6.40. The van der Waals surface area contributed by atoms with Gasteiger partial charge in [0.25, 0.3) is 0 Å². The van der Waals surface area contributed by atoms with Gasteiger partial charge in [-0.25, -0.2) is 4.98 Å². The minimum absolute atomic E-state index is 0.0890. The van der Waals surface area contributed by atoms with E-state index in [1.54, 1.807) is 24.1 Å². The first kappa shape index (κ1) is 14.3. The Morgan fingerprint density at radius 3 is 2.85 bits per heavy atom. The van der Waals surface area contributed by atoms with E-state index in [4.69, 9.17) is 9.63 Å². The van der Waals surface area contributed by atoms with Crippen LogP contribution in [0.2, 0.25) is 0 Å². The normalized spacial score (nSPS) is 10.8. The molecule has 2 rings (SSSR count). The third kappa shape index (κ3) is 3.67. The predicted octanol–water partition coefficient (Wildman–Crippen LogP) is 0.578. The first-order chi connectivity index (χ1) is 9.58. The fourth-order valence-electron chi connectivity index (χ4n) is 1.93. The zero-order chi connectivity index (χ0) is 14.5. The molecule has 0 aliphatic rings. The molecule has 0 atom stereocenters. The van der Waals surface area contributed by atoms with Crippen molar-refractivity contribution in [3.05, 3.63) is 35.2 Å². The number of hydrogen-bond donors (Lipinski definition) is 2. The van der Waals surface area contributed by atoms with Gasteiger partial charge in [0.1, 0.15) is 11.6 Å². The highest BCUT2D eigenvalue weighted by Gasteiger charge is 2.17. The van der Waals surface area contributed by atoms with Gasteiger partial charge in [-0.1, -0.05) is 5.16 Å². The minimum Gasteiger partial charge on any atom is -0.395 e. The molecule has 2 aromatic rings. The lowest BCUT2D eigenvalue weighted by Crippen LogP contribution is -2.34. The molecule has 2 N–H and O–H groups in total. The van der Waals surface area contributed by atoms with Gasteiger partial charge in [0.15, 0.2) is 0 Å². The number of aromatic amines is 1. The Kier molecular flexibility index (Phi) is 4.52. The summed E-state index contributed by atoms with van der Waals surface area (Å²) in [6, 6.07) is 1.73. The van der Waals surface area contributed by atoms with Crippen LogP contribution in [0.15, 0.2) is 16.8 Å². The second kappa shape index (κ2) is 6.33. The molecule has 0 aliphatic heterocycles. The maximum Gasteiger partial charge on any atom is 0.230 e. The van der Waals surface area contributed by atoms with E-state index in [0.29, 0.717) is 12.3 Å². The molecule has 1 amide bonds. The number of imidazole rings is 1. The average Bonchev–Trinajstić information content (AvgIpc) is 2.98. The summed E-state index contributed by atoms with van der Waals surface area (Å²) in [5.41, 5.74) is 1.57. The fraction of sp³-hybridized carbons (Fsp3) is 0.462. The van der Waals surface area contributed by atoms with Crippen LogP contribution in [0.25, 0.3) is 0 Å². The molecule has 2 heterocycles. The van der Waals surface area contributed by atoms with Crippen LogP contribution in [0.4, 0.5) is 0 Å². The molecule has 7 heteroatoms. The zero-order valence-corrected chi connectivity index (χ0v) is 11.6. The number of nitrogens with zero attached hydrogens (tertiary/aromatic N) is 3. The Bertz CT molecular complexity index is 576. The van der Waals surface area contributed by atoms with Crippen molar-refractivity contribution in [1.29, 1.82) is 0 Å². The van der Waals surface area contributed by atoms with Gasteiger partial charge in [-0.15, -0.1) is 0 Å². The Morgan fingerprint density at radius 2 is 2.30 bits per heavy atom. The van der Waals surface area contributed by atoms with Crippen LogP contribution in [0, 0.1) is 13.8 Å². The summed E-state index contributed by atoms with van der Waals surface area (Å²) in [7, 11) is 0. The molecule has 0 spiro atoms. The van der Waals surface area contributed by atoms with Crippen molar-refractivity contribution in [2.75, 3.05) is 13.2 Å². The van der Waals surface area contributed by atoms with Crippen LogP contribution in [0.5, 0.6) is 0 Å². The summed E-state index contributed by atoms with van der Waals surface area (Å²) in [5.74, 6) is 1.20. The van der Waals surface area contributed by atoms with Gasteiger partial charge in [0.2, 0.25) is 5.91 Å². The second-order valence-corrected chi connectivity index (χ2v) is 4.64.